The van der Waals surface area contributed by atoms with E-state index in [0.29, 0.717) is 31.6 Å². The molecule has 3 heterocycles. The summed E-state index contributed by atoms with van der Waals surface area (Å²) in [5, 5.41) is 8.79. The molecule has 0 aromatic carbocycles. The Morgan fingerprint density at radius 1 is 1.46 bits per heavy atom. The lowest BCUT2D eigenvalue weighted by molar-refractivity contribution is -0.215. The normalized spacial score (nSPS) is 22.7. The van der Waals surface area contributed by atoms with Crippen molar-refractivity contribution in [3.63, 3.8) is 0 Å². The van der Waals surface area contributed by atoms with Gasteiger partial charge in [0.1, 0.15) is 0 Å². The topological polar surface area (TPSA) is 76.2 Å². The first-order chi connectivity index (χ1) is 13.3. The third-order valence-electron chi connectivity index (χ3n) is 5.23. The van der Waals surface area contributed by atoms with Crippen LogP contribution < -0.4 is 0 Å². The van der Waals surface area contributed by atoms with Crippen LogP contribution in [0.1, 0.15) is 30.9 Å². The second-order valence-electron chi connectivity index (χ2n) is 7.03. The number of alkyl halides is 3. The van der Waals surface area contributed by atoms with E-state index in [2.05, 4.69) is 14.6 Å². The Hall–Kier alpha value is -2.38. The fraction of sp³-hybridized carbons (Fsp3) is 0.611. The molecule has 2 aliphatic rings. The molecule has 2 saturated heterocycles. The Kier molecular flexibility index (Phi) is 5.76. The zero-order valence-corrected chi connectivity index (χ0v) is 15.0. The first kappa shape index (κ1) is 20.4. The van der Waals surface area contributed by atoms with Crippen LogP contribution >= 0.6 is 0 Å². The van der Waals surface area contributed by atoms with Gasteiger partial charge in [-0.15, -0.1) is 0 Å². The standard InChI is InChI=1S/C18H20F3N3O4/c1-22-13-2-3-14(23-9-13)12-8-17(27-11-12)4-6-24(7-5-17)16(26)28-15(10-25)18(19,20)21/h2-3,9,12,15,25H,4-8,10-11H2/t12?,15-/m1/s1. The molecule has 1 aromatic rings. The highest BCUT2D eigenvalue weighted by molar-refractivity contribution is 5.68. The quantitative estimate of drug-likeness (QED) is 0.791. The van der Waals surface area contributed by atoms with Crippen LogP contribution in [-0.4, -0.2) is 65.3 Å². The maximum atomic E-state index is 12.6. The van der Waals surface area contributed by atoms with Gasteiger partial charge in [0.2, 0.25) is 11.8 Å². The van der Waals surface area contributed by atoms with Crippen LogP contribution in [0.15, 0.2) is 18.3 Å². The van der Waals surface area contributed by atoms with Crippen LogP contribution in [0.3, 0.4) is 0 Å². The van der Waals surface area contributed by atoms with Crippen molar-refractivity contribution in [3.8, 4) is 0 Å². The van der Waals surface area contributed by atoms with E-state index in [9.17, 15) is 18.0 Å². The number of nitrogens with zero attached hydrogens (tertiary/aromatic N) is 3. The van der Waals surface area contributed by atoms with E-state index >= 15 is 0 Å². The maximum Gasteiger partial charge on any atom is 0.427 e. The molecule has 2 fully saturated rings. The number of likely N-dealkylation sites (tertiary alicyclic amines) is 1. The minimum atomic E-state index is -4.81. The number of ether oxygens (including phenoxy) is 2. The highest BCUT2D eigenvalue weighted by atomic mass is 19.4. The van der Waals surface area contributed by atoms with Gasteiger partial charge in [0.05, 0.1) is 25.4 Å². The van der Waals surface area contributed by atoms with Crippen LogP contribution in [0.4, 0.5) is 23.7 Å². The summed E-state index contributed by atoms with van der Waals surface area (Å²) < 4.78 is 48.3. The molecule has 0 saturated carbocycles. The first-order valence-electron chi connectivity index (χ1n) is 8.87. The molecule has 1 unspecified atom stereocenters. The largest absolute Gasteiger partial charge is 0.434 e. The number of carbonyl (C=O) groups excluding carboxylic acids is 1. The van der Waals surface area contributed by atoms with Crippen molar-refractivity contribution < 1.29 is 32.5 Å². The van der Waals surface area contributed by atoms with Gasteiger partial charge < -0.3 is 19.5 Å². The molecule has 1 aromatic heterocycles. The fourth-order valence-corrected chi connectivity index (χ4v) is 3.59. The van der Waals surface area contributed by atoms with Crippen molar-refractivity contribution in [1.82, 2.24) is 9.88 Å². The van der Waals surface area contributed by atoms with Gasteiger partial charge in [-0.1, -0.05) is 12.1 Å². The van der Waals surface area contributed by atoms with E-state index in [0.717, 1.165) is 5.69 Å². The molecule has 10 heteroatoms. The molecule has 0 aliphatic carbocycles. The molecular weight excluding hydrogens is 379 g/mol. The van der Waals surface area contributed by atoms with Crippen LogP contribution in [0.5, 0.6) is 0 Å². The van der Waals surface area contributed by atoms with E-state index in [4.69, 9.17) is 16.4 Å². The van der Waals surface area contributed by atoms with Crippen LogP contribution in [0, 0.1) is 6.57 Å². The number of aliphatic hydroxyl groups is 1. The zero-order valence-electron chi connectivity index (χ0n) is 15.0. The minimum absolute atomic E-state index is 0.0716. The van der Waals surface area contributed by atoms with Gasteiger partial charge in [-0.2, -0.15) is 13.2 Å². The average molecular weight is 399 g/mol. The second kappa shape index (κ2) is 7.93. The summed E-state index contributed by atoms with van der Waals surface area (Å²) >= 11 is 0. The molecule has 1 amide bonds. The predicted molar refractivity (Wildman–Crippen MR) is 90.8 cm³/mol. The molecule has 1 N–H and O–H groups in total. The Morgan fingerprint density at radius 2 is 2.18 bits per heavy atom. The highest BCUT2D eigenvalue weighted by Gasteiger charge is 2.46. The third kappa shape index (κ3) is 4.36. The van der Waals surface area contributed by atoms with Crippen LogP contribution in [-0.2, 0) is 9.47 Å². The zero-order chi connectivity index (χ0) is 20.4. The van der Waals surface area contributed by atoms with Crippen LogP contribution in [0.25, 0.3) is 4.85 Å². The molecule has 152 valence electrons. The Morgan fingerprint density at radius 3 is 2.71 bits per heavy atom. The number of amides is 1. The number of aliphatic hydroxyl groups excluding tert-OH is 1. The summed E-state index contributed by atoms with van der Waals surface area (Å²) in [6, 6.07) is 3.51. The lowest BCUT2D eigenvalue weighted by Gasteiger charge is -2.38. The summed E-state index contributed by atoms with van der Waals surface area (Å²) in [7, 11) is 0. The Balaban J connectivity index is 1.55. The summed E-state index contributed by atoms with van der Waals surface area (Å²) in [5.74, 6) is 0.0716. The van der Waals surface area contributed by atoms with Gasteiger partial charge in [0.25, 0.3) is 0 Å². The molecule has 28 heavy (non-hydrogen) atoms. The molecular formula is C18H20F3N3O4. The average Bonchev–Trinajstić information content (AvgIpc) is 3.09. The summed E-state index contributed by atoms with van der Waals surface area (Å²) in [5.41, 5.74) is 0.855. The Bertz CT molecular complexity index is 740. The minimum Gasteiger partial charge on any atom is -0.434 e. The number of hydrogen-bond donors (Lipinski definition) is 1. The Labute approximate surface area is 159 Å². The lowest BCUT2D eigenvalue weighted by atomic mass is 9.84. The monoisotopic (exact) mass is 399 g/mol. The smallest absolute Gasteiger partial charge is 0.427 e. The predicted octanol–water partition coefficient (Wildman–Crippen LogP) is 3.03. The van der Waals surface area contributed by atoms with Crippen LogP contribution in [0.2, 0.25) is 0 Å². The van der Waals surface area contributed by atoms with E-state index in [1.165, 1.54) is 11.1 Å². The number of pyridine rings is 1. The fourth-order valence-electron chi connectivity index (χ4n) is 3.59. The second-order valence-corrected chi connectivity index (χ2v) is 7.03. The highest BCUT2D eigenvalue weighted by Crippen LogP contribution is 2.42. The molecule has 0 radical (unpaired) electrons. The van der Waals surface area contributed by atoms with E-state index in [1.807, 2.05) is 0 Å². The number of halogens is 3. The number of hydrogen-bond acceptors (Lipinski definition) is 5. The molecule has 2 aliphatic heterocycles. The van der Waals surface area contributed by atoms with Crippen molar-refractivity contribution in [2.45, 2.75) is 43.1 Å². The maximum absolute atomic E-state index is 12.6. The first-order valence-corrected chi connectivity index (χ1v) is 8.87. The number of piperidine rings is 1. The molecule has 7 nitrogen and oxygen atoms in total. The van der Waals surface area contributed by atoms with Crippen molar-refractivity contribution in [3.05, 3.63) is 35.4 Å². The van der Waals surface area contributed by atoms with Gasteiger partial charge in [0.15, 0.2) is 0 Å². The number of aromatic nitrogens is 1. The summed E-state index contributed by atoms with van der Waals surface area (Å²) in [6.07, 6.45) is -5.24. The van der Waals surface area contributed by atoms with Gasteiger partial charge in [-0.25, -0.2) is 9.64 Å². The summed E-state index contributed by atoms with van der Waals surface area (Å²) in [4.78, 5) is 20.8. The molecule has 3 rings (SSSR count). The van der Waals surface area contributed by atoms with E-state index in [-0.39, 0.29) is 19.0 Å². The third-order valence-corrected chi connectivity index (χ3v) is 5.23. The molecule has 1 spiro atoms. The molecule has 0 bridgehead atoms. The molecule has 2 atom stereocenters. The van der Waals surface area contributed by atoms with Crippen molar-refractivity contribution >= 4 is 11.8 Å². The number of carbonyl (C=O) groups is 1. The SMILES string of the molecule is [C-]#[N+]c1ccc(C2COC3(CCN(C(=O)O[C@H](CO)C(F)(F)F)CC3)C2)nc1. The van der Waals surface area contributed by atoms with E-state index < -0.39 is 30.6 Å². The van der Waals surface area contributed by atoms with Gasteiger partial charge in [0, 0.05) is 30.9 Å². The van der Waals surface area contributed by atoms with Gasteiger partial charge in [-0.3, -0.25) is 4.98 Å². The van der Waals surface area contributed by atoms with Crippen molar-refractivity contribution in [1.29, 1.82) is 0 Å². The van der Waals surface area contributed by atoms with E-state index in [1.54, 1.807) is 12.1 Å². The van der Waals surface area contributed by atoms with Gasteiger partial charge >= 0.3 is 12.3 Å². The van der Waals surface area contributed by atoms with Crippen molar-refractivity contribution in [2.24, 2.45) is 0 Å². The lowest BCUT2D eigenvalue weighted by Crippen LogP contribution is -2.48. The summed E-state index contributed by atoms with van der Waals surface area (Å²) in [6.45, 7) is 6.55. The van der Waals surface area contributed by atoms with Gasteiger partial charge in [-0.05, 0) is 19.3 Å². The van der Waals surface area contributed by atoms with Crippen molar-refractivity contribution in [2.75, 3.05) is 26.3 Å². The number of rotatable bonds is 3.